The number of primary sulfonamides is 1. The highest BCUT2D eigenvalue weighted by Crippen LogP contribution is 2.26. The molecule has 1 atom stereocenters. The summed E-state index contributed by atoms with van der Waals surface area (Å²) in [6, 6.07) is 5.06. The van der Waals surface area contributed by atoms with Crippen LogP contribution in [0.4, 0.5) is 5.69 Å². The molecular weight excluding hydrogens is 316 g/mol. The van der Waals surface area contributed by atoms with Crippen molar-refractivity contribution in [3.05, 3.63) is 22.7 Å². The first-order valence-electron chi connectivity index (χ1n) is 5.79. The standard InChI is InChI=1S/C12H19BrN2O2S/c1-8(2)6-9(3)15-12-5-4-10(7-11(12)13)18(14,16)17/h4-5,7-9,15H,6H2,1-3H3,(H2,14,16,17). The Morgan fingerprint density at radius 3 is 2.39 bits per heavy atom. The summed E-state index contributed by atoms with van der Waals surface area (Å²) < 4.78 is 23.1. The first-order valence-corrected chi connectivity index (χ1v) is 8.13. The molecule has 1 rings (SSSR count). The minimum Gasteiger partial charge on any atom is -0.382 e. The maximum absolute atomic E-state index is 11.2. The van der Waals surface area contributed by atoms with Gasteiger partial charge in [0.2, 0.25) is 10.0 Å². The van der Waals surface area contributed by atoms with Crippen molar-refractivity contribution in [3.8, 4) is 0 Å². The number of hydrogen-bond acceptors (Lipinski definition) is 3. The Morgan fingerprint density at radius 1 is 1.33 bits per heavy atom. The Hall–Kier alpha value is -0.590. The summed E-state index contributed by atoms with van der Waals surface area (Å²) in [6.45, 7) is 6.43. The maximum atomic E-state index is 11.2. The van der Waals surface area contributed by atoms with Crippen LogP contribution in [0.25, 0.3) is 0 Å². The number of hydrogen-bond donors (Lipinski definition) is 2. The van der Waals surface area contributed by atoms with Crippen LogP contribution in [0.15, 0.2) is 27.6 Å². The van der Waals surface area contributed by atoms with Gasteiger partial charge in [0.1, 0.15) is 0 Å². The Labute approximate surface area is 117 Å². The van der Waals surface area contributed by atoms with Gasteiger partial charge in [-0.25, -0.2) is 13.6 Å². The summed E-state index contributed by atoms with van der Waals surface area (Å²) in [4.78, 5) is 0.108. The smallest absolute Gasteiger partial charge is 0.238 e. The van der Waals surface area contributed by atoms with Gasteiger partial charge >= 0.3 is 0 Å². The van der Waals surface area contributed by atoms with Crippen LogP contribution in [0.2, 0.25) is 0 Å². The maximum Gasteiger partial charge on any atom is 0.238 e. The van der Waals surface area contributed by atoms with Crippen LogP contribution in [0.1, 0.15) is 27.2 Å². The molecule has 1 aromatic carbocycles. The van der Waals surface area contributed by atoms with Gasteiger partial charge in [-0.3, -0.25) is 0 Å². The van der Waals surface area contributed by atoms with Crippen LogP contribution >= 0.6 is 15.9 Å². The second kappa shape index (κ2) is 6.04. The summed E-state index contributed by atoms with van der Waals surface area (Å²) in [7, 11) is -3.65. The first kappa shape index (κ1) is 15.5. The number of sulfonamides is 1. The Balaban J connectivity index is 2.87. The third kappa shape index (κ3) is 4.59. The van der Waals surface area contributed by atoms with E-state index < -0.39 is 10.0 Å². The fourth-order valence-electron chi connectivity index (χ4n) is 1.82. The largest absolute Gasteiger partial charge is 0.382 e. The lowest BCUT2D eigenvalue weighted by Gasteiger charge is -2.18. The van der Waals surface area contributed by atoms with Gasteiger partial charge in [0, 0.05) is 16.2 Å². The van der Waals surface area contributed by atoms with Crippen LogP contribution in [-0.2, 0) is 10.0 Å². The molecule has 0 radical (unpaired) electrons. The molecule has 0 aliphatic rings. The summed E-state index contributed by atoms with van der Waals surface area (Å²) in [6.07, 6.45) is 1.05. The summed E-state index contributed by atoms with van der Waals surface area (Å²) in [5, 5.41) is 8.41. The lowest BCUT2D eigenvalue weighted by Crippen LogP contribution is -2.18. The molecule has 0 aliphatic heterocycles. The second-order valence-corrected chi connectivity index (χ2v) is 7.28. The lowest BCUT2D eigenvalue weighted by atomic mass is 10.1. The molecule has 3 N–H and O–H groups in total. The average Bonchev–Trinajstić information content (AvgIpc) is 2.18. The zero-order valence-electron chi connectivity index (χ0n) is 10.8. The van der Waals surface area contributed by atoms with Gasteiger partial charge in [-0.1, -0.05) is 13.8 Å². The Bertz CT molecular complexity index is 515. The molecule has 0 aliphatic carbocycles. The molecule has 0 aromatic heterocycles. The van der Waals surface area contributed by atoms with Crippen molar-refractivity contribution < 1.29 is 8.42 Å². The molecule has 4 nitrogen and oxygen atoms in total. The predicted octanol–water partition coefficient (Wildman–Crippen LogP) is 2.94. The average molecular weight is 335 g/mol. The zero-order valence-corrected chi connectivity index (χ0v) is 13.2. The van der Waals surface area contributed by atoms with E-state index in [4.69, 9.17) is 5.14 Å². The van der Waals surface area contributed by atoms with Crippen molar-refractivity contribution in [1.82, 2.24) is 0 Å². The number of nitrogens with two attached hydrogens (primary N) is 1. The molecule has 18 heavy (non-hydrogen) atoms. The lowest BCUT2D eigenvalue weighted by molar-refractivity contribution is 0.539. The molecule has 6 heteroatoms. The SMILES string of the molecule is CC(C)CC(C)Nc1ccc(S(N)(=O)=O)cc1Br. The van der Waals surface area contributed by atoms with Gasteiger partial charge in [0.05, 0.1) is 4.90 Å². The second-order valence-electron chi connectivity index (χ2n) is 4.86. The van der Waals surface area contributed by atoms with Crippen LogP contribution in [0.5, 0.6) is 0 Å². The highest BCUT2D eigenvalue weighted by atomic mass is 79.9. The summed E-state index contributed by atoms with van der Waals surface area (Å²) in [5.41, 5.74) is 0.871. The number of rotatable bonds is 5. The molecule has 0 fully saturated rings. The van der Waals surface area contributed by atoms with E-state index in [0.29, 0.717) is 16.4 Å². The molecular formula is C12H19BrN2O2S. The zero-order chi connectivity index (χ0) is 13.9. The monoisotopic (exact) mass is 334 g/mol. The van der Waals surface area contributed by atoms with E-state index in [1.807, 2.05) is 0 Å². The van der Waals surface area contributed by atoms with Gasteiger partial charge in [-0.15, -0.1) is 0 Å². The van der Waals surface area contributed by atoms with Crippen molar-refractivity contribution in [3.63, 3.8) is 0 Å². The third-order valence-corrected chi connectivity index (χ3v) is 4.06. The van der Waals surface area contributed by atoms with Gasteiger partial charge in [0.15, 0.2) is 0 Å². The van der Waals surface area contributed by atoms with Crippen LogP contribution in [0.3, 0.4) is 0 Å². The number of nitrogens with one attached hydrogen (secondary N) is 1. The van der Waals surface area contributed by atoms with Crippen molar-refractivity contribution in [2.75, 3.05) is 5.32 Å². The molecule has 1 unspecified atom stereocenters. The molecule has 0 saturated carbocycles. The number of anilines is 1. The van der Waals surface area contributed by atoms with E-state index in [9.17, 15) is 8.42 Å². The van der Waals surface area contributed by atoms with Crippen LogP contribution in [-0.4, -0.2) is 14.5 Å². The molecule has 0 saturated heterocycles. The van der Waals surface area contributed by atoms with Gasteiger partial charge < -0.3 is 5.32 Å². The van der Waals surface area contributed by atoms with Crippen LogP contribution in [0, 0.1) is 5.92 Å². The van der Waals surface area contributed by atoms with E-state index in [1.165, 1.54) is 12.1 Å². The fourth-order valence-corrected chi connectivity index (χ4v) is 3.01. The van der Waals surface area contributed by atoms with Crippen LogP contribution < -0.4 is 10.5 Å². The van der Waals surface area contributed by atoms with E-state index in [0.717, 1.165) is 12.1 Å². The molecule has 0 heterocycles. The molecule has 0 amide bonds. The molecule has 102 valence electrons. The topological polar surface area (TPSA) is 72.2 Å². The van der Waals surface area contributed by atoms with E-state index in [2.05, 4.69) is 42.0 Å². The van der Waals surface area contributed by atoms with Gasteiger partial charge in [0.25, 0.3) is 0 Å². The fraction of sp³-hybridized carbons (Fsp3) is 0.500. The van der Waals surface area contributed by atoms with E-state index in [-0.39, 0.29) is 4.90 Å². The van der Waals surface area contributed by atoms with Crippen molar-refractivity contribution in [1.29, 1.82) is 0 Å². The number of benzene rings is 1. The molecule has 0 spiro atoms. The first-order chi connectivity index (χ1) is 8.20. The molecule has 0 bridgehead atoms. The summed E-state index contributed by atoms with van der Waals surface area (Å²) >= 11 is 3.35. The van der Waals surface area contributed by atoms with E-state index >= 15 is 0 Å². The van der Waals surface area contributed by atoms with Crippen molar-refractivity contribution >= 4 is 31.6 Å². The minimum absolute atomic E-state index is 0.108. The predicted molar refractivity (Wildman–Crippen MR) is 78.1 cm³/mol. The minimum atomic E-state index is -3.65. The highest BCUT2D eigenvalue weighted by molar-refractivity contribution is 9.10. The van der Waals surface area contributed by atoms with Gasteiger partial charge in [-0.05, 0) is 53.4 Å². The third-order valence-electron chi connectivity index (χ3n) is 2.50. The van der Waals surface area contributed by atoms with Crippen molar-refractivity contribution in [2.24, 2.45) is 11.1 Å². The highest BCUT2D eigenvalue weighted by Gasteiger charge is 2.12. The Kier molecular flexibility index (Phi) is 5.19. The number of halogens is 1. The summed E-state index contributed by atoms with van der Waals surface area (Å²) in [5.74, 6) is 0.606. The Morgan fingerprint density at radius 2 is 1.94 bits per heavy atom. The quantitative estimate of drug-likeness (QED) is 0.869. The van der Waals surface area contributed by atoms with Gasteiger partial charge in [-0.2, -0.15) is 0 Å². The van der Waals surface area contributed by atoms with E-state index in [1.54, 1.807) is 6.07 Å². The molecule has 1 aromatic rings. The van der Waals surface area contributed by atoms with Crippen molar-refractivity contribution in [2.45, 2.75) is 38.1 Å². The normalized spacial score (nSPS) is 13.7.